The lowest BCUT2D eigenvalue weighted by atomic mass is 9.90. The van der Waals surface area contributed by atoms with Gasteiger partial charge < -0.3 is 9.47 Å². The minimum Gasteiger partial charge on any atom is -0.462 e. The van der Waals surface area contributed by atoms with E-state index in [1.807, 2.05) is 43.3 Å². The van der Waals surface area contributed by atoms with E-state index < -0.39 is 11.9 Å². The van der Waals surface area contributed by atoms with Gasteiger partial charge in [-0.15, -0.1) is 0 Å². The fourth-order valence-corrected chi connectivity index (χ4v) is 3.47. The van der Waals surface area contributed by atoms with Crippen LogP contribution < -0.4 is 0 Å². The molecular weight excluding hydrogens is 400 g/mol. The summed E-state index contributed by atoms with van der Waals surface area (Å²) in [5.74, 6) is -0.937. The van der Waals surface area contributed by atoms with Gasteiger partial charge in [0, 0.05) is 10.6 Å². The molecule has 0 fully saturated rings. The molecule has 0 saturated carbocycles. The number of hydrogen-bond acceptors (Lipinski definition) is 4. The number of halogens is 1. The number of aryl methyl sites for hydroxylation is 1. The number of benzene rings is 3. The lowest BCUT2D eigenvalue weighted by Crippen LogP contribution is -2.12. The van der Waals surface area contributed by atoms with Crippen LogP contribution in [-0.2, 0) is 9.47 Å². The first-order valence-corrected chi connectivity index (χ1v) is 10.2. The number of carbonyl (C=O) groups is 2. The fourth-order valence-electron chi connectivity index (χ4n) is 3.23. The van der Waals surface area contributed by atoms with Gasteiger partial charge in [-0.05, 0) is 55.7 Å². The summed E-state index contributed by atoms with van der Waals surface area (Å²) in [7, 11) is 0. The first-order valence-electron chi connectivity index (χ1n) is 9.80. The van der Waals surface area contributed by atoms with Crippen molar-refractivity contribution in [3.05, 3.63) is 82.4 Å². The molecule has 3 aromatic rings. The largest absolute Gasteiger partial charge is 0.462 e. The van der Waals surface area contributed by atoms with Gasteiger partial charge in [0.25, 0.3) is 0 Å². The zero-order valence-electron chi connectivity index (χ0n) is 17.2. The van der Waals surface area contributed by atoms with Crippen LogP contribution in [0.15, 0.2) is 60.7 Å². The Hall–Kier alpha value is -3.11. The van der Waals surface area contributed by atoms with Crippen molar-refractivity contribution in [1.82, 2.24) is 0 Å². The van der Waals surface area contributed by atoms with Crippen molar-refractivity contribution < 1.29 is 19.1 Å². The Bertz CT molecular complexity index is 1070. The molecule has 3 aromatic carbocycles. The van der Waals surface area contributed by atoms with Crippen molar-refractivity contribution in [2.75, 3.05) is 13.2 Å². The second-order valence-electron chi connectivity index (χ2n) is 6.73. The molecule has 0 heterocycles. The van der Waals surface area contributed by atoms with Crippen molar-refractivity contribution in [1.29, 1.82) is 0 Å². The van der Waals surface area contributed by atoms with Crippen LogP contribution in [-0.4, -0.2) is 25.2 Å². The van der Waals surface area contributed by atoms with Crippen molar-refractivity contribution in [3.8, 4) is 22.3 Å². The highest BCUT2D eigenvalue weighted by molar-refractivity contribution is 6.33. The summed E-state index contributed by atoms with van der Waals surface area (Å²) in [4.78, 5) is 25.6. The maximum absolute atomic E-state index is 12.8. The molecule has 4 nitrogen and oxygen atoms in total. The van der Waals surface area contributed by atoms with Gasteiger partial charge in [0.05, 0.1) is 24.3 Å². The van der Waals surface area contributed by atoms with Gasteiger partial charge in [-0.1, -0.05) is 59.6 Å². The summed E-state index contributed by atoms with van der Waals surface area (Å²) in [6, 6.07) is 18.3. The van der Waals surface area contributed by atoms with E-state index in [2.05, 4.69) is 0 Å². The monoisotopic (exact) mass is 422 g/mol. The summed E-state index contributed by atoms with van der Waals surface area (Å²) < 4.78 is 10.6. The van der Waals surface area contributed by atoms with E-state index in [0.29, 0.717) is 32.8 Å². The van der Waals surface area contributed by atoms with Gasteiger partial charge in [0.2, 0.25) is 0 Å². The van der Waals surface area contributed by atoms with Gasteiger partial charge in [-0.3, -0.25) is 0 Å². The van der Waals surface area contributed by atoms with Crippen LogP contribution in [0.2, 0.25) is 5.02 Å². The van der Waals surface area contributed by atoms with Crippen LogP contribution in [0.25, 0.3) is 22.3 Å². The summed E-state index contributed by atoms with van der Waals surface area (Å²) in [6.45, 7) is 5.97. The van der Waals surface area contributed by atoms with E-state index >= 15 is 0 Å². The summed E-state index contributed by atoms with van der Waals surface area (Å²) in [5.41, 5.74) is 4.38. The number of hydrogen-bond donors (Lipinski definition) is 0. The van der Waals surface area contributed by atoms with Crippen molar-refractivity contribution in [3.63, 3.8) is 0 Å². The maximum Gasteiger partial charge on any atom is 0.338 e. The predicted molar refractivity (Wildman–Crippen MR) is 119 cm³/mol. The number of esters is 2. The lowest BCUT2D eigenvalue weighted by molar-refractivity contribution is 0.0513. The quantitative estimate of drug-likeness (QED) is 0.435. The van der Waals surface area contributed by atoms with Gasteiger partial charge >= 0.3 is 11.9 Å². The third-order valence-electron chi connectivity index (χ3n) is 4.67. The van der Waals surface area contributed by atoms with Crippen LogP contribution in [0.4, 0.5) is 0 Å². The highest BCUT2D eigenvalue weighted by Crippen LogP contribution is 2.36. The van der Waals surface area contributed by atoms with Crippen LogP contribution in [0.1, 0.15) is 40.1 Å². The topological polar surface area (TPSA) is 52.6 Å². The molecule has 5 heteroatoms. The highest BCUT2D eigenvalue weighted by Gasteiger charge is 2.23. The highest BCUT2D eigenvalue weighted by atomic mass is 35.5. The van der Waals surface area contributed by atoms with Gasteiger partial charge in [-0.2, -0.15) is 0 Å². The third-order valence-corrected chi connectivity index (χ3v) is 5.00. The van der Waals surface area contributed by atoms with Crippen molar-refractivity contribution >= 4 is 23.5 Å². The van der Waals surface area contributed by atoms with Crippen LogP contribution in [0, 0.1) is 6.92 Å². The van der Waals surface area contributed by atoms with E-state index in [-0.39, 0.29) is 13.2 Å². The molecule has 154 valence electrons. The Kier molecular flexibility index (Phi) is 6.91. The van der Waals surface area contributed by atoms with Crippen LogP contribution in [0.5, 0.6) is 0 Å². The Morgan fingerprint density at radius 1 is 0.767 bits per heavy atom. The molecule has 0 aliphatic carbocycles. The van der Waals surface area contributed by atoms with Crippen LogP contribution in [0.3, 0.4) is 0 Å². The first-order chi connectivity index (χ1) is 14.5. The van der Waals surface area contributed by atoms with E-state index in [1.54, 1.807) is 38.1 Å². The minimum absolute atomic E-state index is 0.236. The lowest BCUT2D eigenvalue weighted by Gasteiger charge is -2.17. The molecule has 0 spiro atoms. The summed E-state index contributed by atoms with van der Waals surface area (Å²) in [5, 5.41) is 0.473. The molecule has 30 heavy (non-hydrogen) atoms. The molecule has 0 bridgehead atoms. The average Bonchev–Trinajstić information content (AvgIpc) is 2.74. The third kappa shape index (κ3) is 4.55. The molecule has 0 saturated heterocycles. The summed E-state index contributed by atoms with van der Waals surface area (Å²) in [6.07, 6.45) is 0. The molecule has 0 radical (unpaired) electrons. The molecule has 0 aromatic heterocycles. The normalized spacial score (nSPS) is 10.5. The molecule has 0 aliphatic rings. The maximum atomic E-state index is 12.8. The Labute approximate surface area is 181 Å². The van der Waals surface area contributed by atoms with Gasteiger partial charge in [-0.25, -0.2) is 9.59 Å². The molecule has 3 rings (SSSR count). The molecule has 0 amide bonds. The minimum atomic E-state index is -0.476. The fraction of sp³-hybridized carbons (Fsp3) is 0.200. The Morgan fingerprint density at radius 3 is 1.87 bits per heavy atom. The molecule has 0 atom stereocenters. The van der Waals surface area contributed by atoms with E-state index in [4.69, 9.17) is 21.1 Å². The zero-order valence-corrected chi connectivity index (χ0v) is 18.0. The second-order valence-corrected chi connectivity index (χ2v) is 7.14. The number of ether oxygens (including phenoxy) is 2. The van der Waals surface area contributed by atoms with Gasteiger partial charge in [0.15, 0.2) is 0 Å². The second kappa shape index (κ2) is 9.59. The average molecular weight is 423 g/mol. The number of rotatable bonds is 6. The molecule has 0 unspecified atom stereocenters. The van der Waals surface area contributed by atoms with Gasteiger partial charge in [0.1, 0.15) is 0 Å². The van der Waals surface area contributed by atoms with Crippen molar-refractivity contribution in [2.45, 2.75) is 20.8 Å². The summed E-state index contributed by atoms with van der Waals surface area (Å²) >= 11 is 6.41. The van der Waals surface area contributed by atoms with E-state index in [0.717, 1.165) is 11.1 Å². The SMILES string of the molecule is CCOC(=O)c1cc(-c2ccccc2Cl)c(C(=O)OCC)cc1-c1ccc(C)cc1. The zero-order chi connectivity index (χ0) is 21.7. The predicted octanol–water partition coefficient (Wildman–Crippen LogP) is 6.34. The smallest absolute Gasteiger partial charge is 0.338 e. The Morgan fingerprint density at radius 2 is 1.30 bits per heavy atom. The van der Waals surface area contributed by atoms with Crippen LogP contribution >= 0.6 is 11.6 Å². The molecular formula is C25H23ClO4. The molecule has 0 aliphatic heterocycles. The Balaban J connectivity index is 2.32. The van der Waals surface area contributed by atoms with E-state index in [1.165, 1.54) is 0 Å². The van der Waals surface area contributed by atoms with Crippen molar-refractivity contribution in [2.24, 2.45) is 0 Å². The standard InChI is InChI=1S/C25H23ClO4/c1-4-29-24(27)21-15-20(18-8-6-7-9-23(18)26)22(25(28)30-5-2)14-19(21)17-12-10-16(3)11-13-17/h6-15H,4-5H2,1-3H3. The number of carbonyl (C=O) groups excluding carboxylic acids is 2. The molecule has 0 N–H and O–H groups in total. The first kappa shape index (κ1) is 21.6. The van der Waals surface area contributed by atoms with E-state index in [9.17, 15) is 9.59 Å².